The van der Waals surface area contributed by atoms with E-state index in [4.69, 9.17) is 10.5 Å². The zero-order valence-electron chi connectivity index (χ0n) is 12.8. The van der Waals surface area contributed by atoms with Crippen LogP contribution in [0.5, 0.6) is 0 Å². The molecule has 0 radical (unpaired) electrons. The Balaban J connectivity index is 1.72. The summed E-state index contributed by atoms with van der Waals surface area (Å²) in [6.07, 6.45) is 7.26. The fourth-order valence-corrected chi connectivity index (χ4v) is 4.71. The van der Waals surface area contributed by atoms with Crippen LogP contribution >= 0.6 is 0 Å². The van der Waals surface area contributed by atoms with E-state index in [1.54, 1.807) is 12.0 Å². The Morgan fingerprint density at radius 3 is 2.62 bits per heavy atom. The fourth-order valence-electron chi connectivity index (χ4n) is 4.71. The van der Waals surface area contributed by atoms with E-state index in [0.29, 0.717) is 11.8 Å². The number of hydrogen-bond donors (Lipinski definition) is 1. The quantitative estimate of drug-likeness (QED) is 0.853. The summed E-state index contributed by atoms with van der Waals surface area (Å²) in [6.45, 7) is 0.727. The minimum Gasteiger partial charge on any atom is -0.381 e. The van der Waals surface area contributed by atoms with E-state index in [1.165, 1.54) is 0 Å². The van der Waals surface area contributed by atoms with Gasteiger partial charge in [-0.1, -0.05) is 12.8 Å². The summed E-state index contributed by atoms with van der Waals surface area (Å²) in [5.41, 5.74) is 5.61. The Labute approximate surface area is 126 Å². The molecule has 1 heterocycles. The maximum absolute atomic E-state index is 12.9. The van der Waals surface area contributed by atoms with Gasteiger partial charge in [0.1, 0.15) is 6.04 Å². The first-order chi connectivity index (χ1) is 10.1. The smallest absolute Gasteiger partial charge is 0.240 e. The topological polar surface area (TPSA) is 72.6 Å². The number of amides is 2. The van der Waals surface area contributed by atoms with Gasteiger partial charge in [-0.2, -0.15) is 0 Å². The van der Waals surface area contributed by atoms with Crippen LogP contribution in [-0.2, 0) is 14.3 Å². The molecule has 2 aliphatic carbocycles. The van der Waals surface area contributed by atoms with Crippen molar-refractivity contribution in [2.75, 3.05) is 13.7 Å². The number of fused-ring (bicyclic) bond motifs is 1. The first-order valence-corrected chi connectivity index (χ1v) is 8.24. The fraction of sp³-hybridized carbons (Fsp3) is 0.875. The van der Waals surface area contributed by atoms with Crippen LogP contribution < -0.4 is 5.73 Å². The number of carbonyl (C=O) groups is 2. The highest BCUT2D eigenvalue weighted by Gasteiger charge is 2.49. The van der Waals surface area contributed by atoms with Gasteiger partial charge in [-0.25, -0.2) is 0 Å². The Morgan fingerprint density at radius 2 is 1.90 bits per heavy atom. The van der Waals surface area contributed by atoms with Crippen LogP contribution in [0.15, 0.2) is 0 Å². The van der Waals surface area contributed by atoms with E-state index in [9.17, 15) is 9.59 Å². The molecule has 2 amide bonds. The van der Waals surface area contributed by atoms with E-state index in [2.05, 4.69) is 0 Å². The third kappa shape index (κ3) is 2.68. The lowest BCUT2D eigenvalue weighted by atomic mass is 9.86. The summed E-state index contributed by atoms with van der Waals surface area (Å²) in [5, 5.41) is 0. The third-order valence-corrected chi connectivity index (χ3v) is 5.77. The van der Waals surface area contributed by atoms with Gasteiger partial charge in [0.15, 0.2) is 0 Å². The van der Waals surface area contributed by atoms with Gasteiger partial charge in [-0.15, -0.1) is 0 Å². The summed E-state index contributed by atoms with van der Waals surface area (Å²) >= 11 is 0. The number of nitrogens with zero attached hydrogens (tertiary/aromatic N) is 1. The van der Waals surface area contributed by atoms with Crippen molar-refractivity contribution in [2.45, 2.75) is 57.1 Å². The zero-order chi connectivity index (χ0) is 15.0. The number of methoxy groups -OCH3 is 1. The third-order valence-electron chi connectivity index (χ3n) is 5.77. The highest BCUT2D eigenvalue weighted by Crippen LogP contribution is 2.43. The van der Waals surface area contributed by atoms with Crippen LogP contribution in [0.1, 0.15) is 44.9 Å². The first-order valence-electron chi connectivity index (χ1n) is 8.24. The van der Waals surface area contributed by atoms with Gasteiger partial charge in [0.2, 0.25) is 11.8 Å². The van der Waals surface area contributed by atoms with Gasteiger partial charge >= 0.3 is 0 Å². The van der Waals surface area contributed by atoms with Crippen molar-refractivity contribution in [3.05, 3.63) is 0 Å². The molecular weight excluding hydrogens is 268 g/mol. The van der Waals surface area contributed by atoms with Crippen molar-refractivity contribution in [2.24, 2.45) is 23.5 Å². The molecular formula is C16H26N2O3. The van der Waals surface area contributed by atoms with Crippen molar-refractivity contribution >= 4 is 11.8 Å². The molecule has 0 spiro atoms. The molecule has 3 fully saturated rings. The minimum atomic E-state index is -0.368. The van der Waals surface area contributed by atoms with Crippen LogP contribution in [0.25, 0.3) is 0 Å². The van der Waals surface area contributed by atoms with E-state index < -0.39 is 0 Å². The van der Waals surface area contributed by atoms with Crippen molar-refractivity contribution in [3.63, 3.8) is 0 Å². The molecule has 1 aliphatic heterocycles. The average molecular weight is 294 g/mol. The van der Waals surface area contributed by atoms with Crippen LogP contribution in [-0.4, -0.2) is 42.5 Å². The van der Waals surface area contributed by atoms with Crippen LogP contribution in [0, 0.1) is 17.8 Å². The molecule has 2 N–H and O–H groups in total. The predicted octanol–water partition coefficient (Wildman–Crippen LogP) is 1.30. The van der Waals surface area contributed by atoms with E-state index in [-0.39, 0.29) is 29.9 Å². The second-order valence-corrected chi connectivity index (χ2v) is 6.91. The summed E-state index contributed by atoms with van der Waals surface area (Å²) in [6, 6.07) is -0.368. The van der Waals surface area contributed by atoms with E-state index >= 15 is 0 Å². The number of rotatable bonds is 3. The summed E-state index contributed by atoms with van der Waals surface area (Å²) < 4.78 is 5.42. The lowest BCUT2D eigenvalue weighted by Gasteiger charge is -2.33. The molecule has 5 atom stereocenters. The molecule has 5 unspecified atom stereocenters. The lowest BCUT2D eigenvalue weighted by Crippen LogP contribution is -2.49. The van der Waals surface area contributed by atoms with Gasteiger partial charge < -0.3 is 15.4 Å². The Morgan fingerprint density at radius 1 is 1.14 bits per heavy atom. The molecule has 0 bridgehead atoms. The summed E-state index contributed by atoms with van der Waals surface area (Å²) in [4.78, 5) is 26.5. The van der Waals surface area contributed by atoms with Crippen LogP contribution in [0.2, 0.25) is 0 Å². The van der Waals surface area contributed by atoms with E-state index in [0.717, 1.165) is 51.5 Å². The number of ether oxygens (including phenoxy) is 1. The number of likely N-dealkylation sites (tertiary alicyclic amines) is 1. The lowest BCUT2D eigenvalue weighted by molar-refractivity contribution is -0.143. The maximum Gasteiger partial charge on any atom is 0.240 e. The predicted molar refractivity (Wildman–Crippen MR) is 78.3 cm³/mol. The molecule has 0 aromatic carbocycles. The number of primary amides is 1. The van der Waals surface area contributed by atoms with Gasteiger partial charge in [0, 0.05) is 19.6 Å². The largest absolute Gasteiger partial charge is 0.381 e. The number of nitrogens with two attached hydrogens (primary N) is 1. The standard InChI is InChI=1S/C16H26N2O3/c1-21-12-6-2-4-10(8-12)16(20)18-9-11-5-3-7-13(11)14(18)15(17)19/h10-14H,2-9H2,1H3,(H2,17,19). The SMILES string of the molecule is COC1CCCC(C(=O)N2CC3CCCC3C2C(N)=O)C1. The van der Waals surface area contributed by atoms with Crippen molar-refractivity contribution < 1.29 is 14.3 Å². The number of carbonyl (C=O) groups excluding carboxylic acids is 2. The molecule has 0 aromatic heterocycles. The van der Waals surface area contributed by atoms with Crippen molar-refractivity contribution in [1.82, 2.24) is 4.90 Å². The molecule has 21 heavy (non-hydrogen) atoms. The van der Waals surface area contributed by atoms with Gasteiger partial charge in [0.25, 0.3) is 0 Å². The Bertz CT molecular complexity index is 426. The molecule has 2 saturated carbocycles. The first kappa shape index (κ1) is 14.8. The molecule has 3 aliphatic rings. The second kappa shape index (κ2) is 5.95. The maximum atomic E-state index is 12.9. The van der Waals surface area contributed by atoms with Gasteiger partial charge in [-0.3, -0.25) is 9.59 Å². The minimum absolute atomic E-state index is 0.00405. The molecule has 3 rings (SSSR count). The van der Waals surface area contributed by atoms with Gasteiger partial charge in [0.05, 0.1) is 6.10 Å². The molecule has 0 aromatic rings. The Kier molecular flexibility index (Phi) is 4.20. The van der Waals surface area contributed by atoms with Gasteiger partial charge in [-0.05, 0) is 43.9 Å². The highest BCUT2D eigenvalue weighted by molar-refractivity contribution is 5.88. The average Bonchev–Trinajstić information content (AvgIpc) is 3.06. The summed E-state index contributed by atoms with van der Waals surface area (Å²) in [5.74, 6) is 0.595. The van der Waals surface area contributed by atoms with Crippen LogP contribution in [0.4, 0.5) is 0 Å². The molecule has 1 saturated heterocycles. The molecule has 5 heteroatoms. The zero-order valence-corrected chi connectivity index (χ0v) is 12.8. The highest BCUT2D eigenvalue weighted by atomic mass is 16.5. The van der Waals surface area contributed by atoms with Crippen LogP contribution in [0.3, 0.4) is 0 Å². The number of hydrogen-bond acceptors (Lipinski definition) is 3. The Hall–Kier alpha value is -1.10. The van der Waals surface area contributed by atoms with E-state index in [1.807, 2.05) is 0 Å². The molecule has 5 nitrogen and oxygen atoms in total. The summed E-state index contributed by atoms with van der Waals surface area (Å²) in [7, 11) is 1.71. The second-order valence-electron chi connectivity index (χ2n) is 6.91. The monoisotopic (exact) mass is 294 g/mol. The molecule has 118 valence electrons. The van der Waals surface area contributed by atoms with Crippen molar-refractivity contribution in [1.29, 1.82) is 0 Å². The van der Waals surface area contributed by atoms with Crippen molar-refractivity contribution in [3.8, 4) is 0 Å². The normalized spacial score (nSPS) is 39.3.